The first-order valence-corrected chi connectivity index (χ1v) is 9.50. The van der Waals surface area contributed by atoms with E-state index in [1.54, 1.807) is 18.3 Å². The van der Waals surface area contributed by atoms with Crippen LogP contribution in [0.4, 0.5) is 15.5 Å². The number of hydrogen-bond acceptors (Lipinski definition) is 7. The Bertz CT molecular complexity index is 839. The van der Waals surface area contributed by atoms with E-state index in [-0.39, 0.29) is 11.7 Å². The number of ether oxygens (including phenoxy) is 1. The highest BCUT2D eigenvalue weighted by Gasteiger charge is 2.30. The predicted molar refractivity (Wildman–Crippen MR) is 106 cm³/mol. The third-order valence-electron chi connectivity index (χ3n) is 4.57. The second-order valence-corrected chi connectivity index (χ2v) is 8.04. The Balaban J connectivity index is 1.61. The lowest BCUT2D eigenvalue weighted by Crippen LogP contribution is -2.46. The van der Waals surface area contributed by atoms with Crippen LogP contribution in [0.2, 0.25) is 0 Å². The van der Waals surface area contributed by atoms with Crippen LogP contribution in [0.3, 0.4) is 0 Å². The summed E-state index contributed by atoms with van der Waals surface area (Å²) in [5, 5.41) is 5.13. The van der Waals surface area contributed by atoms with Crippen LogP contribution in [0, 0.1) is 0 Å². The molecule has 1 aromatic heterocycles. The molecule has 29 heavy (non-hydrogen) atoms. The molecule has 0 saturated carbocycles. The maximum absolute atomic E-state index is 11.9. The van der Waals surface area contributed by atoms with Crippen LogP contribution in [0.5, 0.6) is 0 Å². The number of amides is 4. The third-order valence-corrected chi connectivity index (χ3v) is 4.57. The first kappa shape index (κ1) is 20.6. The first-order valence-electron chi connectivity index (χ1n) is 9.50. The van der Waals surface area contributed by atoms with Gasteiger partial charge >= 0.3 is 12.1 Å². The van der Waals surface area contributed by atoms with Crippen molar-refractivity contribution >= 4 is 30.1 Å². The van der Waals surface area contributed by atoms with Gasteiger partial charge in [0.1, 0.15) is 11.3 Å². The molecule has 10 nitrogen and oxygen atoms in total. The molecule has 0 radical (unpaired) electrons. The number of anilines is 1. The van der Waals surface area contributed by atoms with E-state index in [2.05, 4.69) is 20.6 Å². The molecule has 0 unspecified atom stereocenters. The fraction of sp³-hybridized carbons (Fsp3) is 0.526. The fourth-order valence-corrected chi connectivity index (χ4v) is 3.10. The molecule has 2 fully saturated rings. The number of aromatic nitrogens is 2. The Morgan fingerprint density at radius 2 is 2.00 bits per heavy atom. The largest absolute Gasteiger partial charge is 0.444 e. The van der Waals surface area contributed by atoms with E-state index in [0.717, 1.165) is 12.8 Å². The van der Waals surface area contributed by atoms with Gasteiger partial charge in [-0.15, -0.1) is 0 Å². The van der Waals surface area contributed by atoms with Crippen LogP contribution in [0.1, 0.15) is 39.3 Å². The zero-order valence-corrected chi connectivity index (χ0v) is 17.1. The molecular formula is C19H26N6O4. The van der Waals surface area contributed by atoms with E-state index in [1.165, 1.54) is 11.9 Å². The molecule has 10 heteroatoms. The molecule has 2 N–H and O–H groups in total. The van der Waals surface area contributed by atoms with Crippen molar-refractivity contribution in [2.45, 2.75) is 45.3 Å². The summed E-state index contributed by atoms with van der Waals surface area (Å²) in [5.41, 5.74) is 0.248. The molecule has 156 valence electrons. The topological polar surface area (TPSA) is 117 Å². The monoisotopic (exact) mass is 402 g/mol. The summed E-state index contributed by atoms with van der Waals surface area (Å²) in [4.78, 5) is 47.4. The van der Waals surface area contributed by atoms with Crippen molar-refractivity contribution in [2.24, 2.45) is 0 Å². The van der Waals surface area contributed by atoms with Gasteiger partial charge in [-0.3, -0.25) is 15.0 Å². The normalized spacial score (nSPS) is 19.5. The average Bonchev–Trinajstić information content (AvgIpc) is 2.87. The molecular weight excluding hydrogens is 376 g/mol. The molecule has 2 saturated heterocycles. The van der Waals surface area contributed by atoms with E-state index in [0.29, 0.717) is 24.7 Å². The van der Waals surface area contributed by atoms with Gasteiger partial charge < -0.3 is 15.0 Å². The molecule has 0 aromatic carbocycles. The smallest absolute Gasteiger partial charge is 0.407 e. The van der Waals surface area contributed by atoms with Crippen molar-refractivity contribution in [3.8, 4) is 0 Å². The highest BCUT2D eigenvalue weighted by atomic mass is 16.6. The molecule has 0 atom stereocenters. The first-order chi connectivity index (χ1) is 13.6. The van der Waals surface area contributed by atoms with Crippen LogP contribution in [0.15, 0.2) is 18.0 Å². The highest BCUT2D eigenvalue weighted by molar-refractivity contribution is 6.13. The molecule has 2 aliphatic heterocycles. The second-order valence-electron chi connectivity index (χ2n) is 8.04. The Labute approximate surface area is 169 Å². The number of likely N-dealkylation sites (N-methyl/N-ethyl adjacent to an activating group) is 1. The van der Waals surface area contributed by atoms with Gasteiger partial charge in [0.15, 0.2) is 0 Å². The lowest BCUT2D eigenvalue weighted by atomic mass is 10.1. The minimum atomic E-state index is -0.525. The SMILES string of the molecule is CN1C(=O)NC(=O)C1=Cc1ccnc(N2CCC(NC(=O)OC(C)(C)C)CC2)n1. The van der Waals surface area contributed by atoms with Crippen LogP contribution < -0.4 is 15.5 Å². The number of rotatable bonds is 3. The van der Waals surface area contributed by atoms with Gasteiger partial charge in [0, 0.05) is 32.4 Å². The number of imide groups is 1. The molecule has 3 rings (SSSR count). The van der Waals surface area contributed by atoms with Crippen LogP contribution in [-0.4, -0.2) is 64.7 Å². The van der Waals surface area contributed by atoms with E-state index >= 15 is 0 Å². The van der Waals surface area contributed by atoms with Crippen LogP contribution in [0.25, 0.3) is 6.08 Å². The van der Waals surface area contributed by atoms with Crippen molar-refractivity contribution in [3.05, 3.63) is 23.7 Å². The lowest BCUT2D eigenvalue weighted by Gasteiger charge is -2.32. The summed E-state index contributed by atoms with van der Waals surface area (Å²) < 4.78 is 5.30. The van der Waals surface area contributed by atoms with Crippen molar-refractivity contribution in [1.29, 1.82) is 0 Å². The number of hydrogen-bond donors (Lipinski definition) is 2. The van der Waals surface area contributed by atoms with Gasteiger partial charge in [0.25, 0.3) is 5.91 Å². The number of carbonyl (C=O) groups excluding carboxylic acids is 3. The van der Waals surface area contributed by atoms with Gasteiger partial charge in [-0.2, -0.15) is 0 Å². The Morgan fingerprint density at radius 3 is 2.59 bits per heavy atom. The van der Waals surface area contributed by atoms with E-state index in [4.69, 9.17) is 4.74 Å². The third kappa shape index (κ3) is 5.21. The van der Waals surface area contributed by atoms with Gasteiger partial charge in [-0.1, -0.05) is 0 Å². The van der Waals surface area contributed by atoms with E-state index in [1.807, 2.05) is 25.7 Å². The van der Waals surface area contributed by atoms with Crippen LogP contribution in [-0.2, 0) is 9.53 Å². The van der Waals surface area contributed by atoms with Crippen molar-refractivity contribution in [2.75, 3.05) is 25.0 Å². The predicted octanol–water partition coefficient (Wildman–Crippen LogP) is 1.49. The zero-order valence-electron chi connectivity index (χ0n) is 17.1. The van der Waals surface area contributed by atoms with Crippen molar-refractivity contribution in [1.82, 2.24) is 25.5 Å². The Kier molecular flexibility index (Phi) is 5.71. The zero-order chi connectivity index (χ0) is 21.2. The number of nitrogens with zero attached hydrogens (tertiary/aromatic N) is 4. The summed E-state index contributed by atoms with van der Waals surface area (Å²) >= 11 is 0. The fourth-order valence-electron chi connectivity index (χ4n) is 3.10. The maximum Gasteiger partial charge on any atom is 0.407 e. The number of nitrogens with one attached hydrogen (secondary N) is 2. The average molecular weight is 402 g/mol. The van der Waals surface area contributed by atoms with Gasteiger partial charge in [0.2, 0.25) is 5.95 Å². The number of urea groups is 1. The number of alkyl carbamates (subject to hydrolysis) is 1. The standard InChI is InChI=1S/C19H26N6O4/c1-19(2,3)29-18(28)22-12-6-9-25(10-7-12)16-20-8-5-13(21-16)11-14-15(26)23-17(27)24(14)4/h5,8,11-12H,6-7,9-10H2,1-4H3,(H,22,28)(H,23,26,27). The summed E-state index contributed by atoms with van der Waals surface area (Å²) in [6.07, 6.45) is 4.26. The number of piperidine rings is 1. The van der Waals surface area contributed by atoms with Crippen LogP contribution >= 0.6 is 0 Å². The minimum Gasteiger partial charge on any atom is -0.444 e. The minimum absolute atomic E-state index is 0.0354. The molecule has 4 amide bonds. The highest BCUT2D eigenvalue weighted by Crippen LogP contribution is 2.19. The second kappa shape index (κ2) is 8.06. The lowest BCUT2D eigenvalue weighted by molar-refractivity contribution is -0.115. The Hall–Kier alpha value is -3.17. The molecule has 2 aliphatic rings. The Morgan fingerprint density at radius 1 is 1.31 bits per heavy atom. The molecule has 0 spiro atoms. The van der Waals surface area contributed by atoms with E-state index in [9.17, 15) is 14.4 Å². The molecule has 0 bridgehead atoms. The van der Waals surface area contributed by atoms with Gasteiger partial charge in [-0.05, 0) is 45.8 Å². The van der Waals surface area contributed by atoms with E-state index < -0.39 is 23.6 Å². The summed E-state index contributed by atoms with van der Waals surface area (Å²) in [5.74, 6) is 0.0918. The molecule has 1 aromatic rings. The van der Waals surface area contributed by atoms with Crippen molar-refractivity contribution < 1.29 is 19.1 Å². The number of carbonyl (C=O) groups is 3. The summed E-state index contributed by atoms with van der Waals surface area (Å²) in [6.45, 7) is 6.85. The quantitative estimate of drug-likeness (QED) is 0.581. The molecule has 0 aliphatic carbocycles. The summed E-state index contributed by atoms with van der Waals surface area (Å²) in [6, 6.07) is 1.25. The maximum atomic E-state index is 11.9. The molecule has 3 heterocycles. The van der Waals surface area contributed by atoms with Crippen molar-refractivity contribution in [3.63, 3.8) is 0 Å². The van der Waals surface area contributed by atoms with Gasteiger partial charge in [0.05, 0.1) is 5.69 Å². The van der Waals surface area contributed by atoms with Gasteiger partial charge in [-0.25, -0.2) is 19.6 Å². The summed E-state index contributed by atoms with van der Waals surface area (Å²) in [7, 11) is 1.52.